The van der Waals surface area contributed by atoms with Crippen LogP contribution in [0.3, 0.4) is 0 Å². The van der Waals surface area contributed by atoms with Crippen molar-refractivity contribution in [3.8, 4) is 5.75 Å². The lowest BCUT2D eigenvalue weighted by Crippen LogP contribution is -2.50. The molecule has 1 saturated heterocycles. The Morgan fingerprint density at radius 2 is 1.64 bits per heavy atom. The van der Waals surface area contributed by atoms with E-state index in [4.69, 9.17) is 14.2 Å². The monoisotopic (exact) mass is 1090 g/mol. The van der Waals surface area contributed by atoms with Crippen molar-refractivity contribution in [3.05, 3.63) is 45.9 Å². The summed E-state index contributed by atoms with van der Waals surface area (Å²) in [5, 5.41) is 26.5. The minimum absolute atomic E-state index is 0.00386. The molecule has 4 N–H and O–H groups in total. The van der Waals surface area contributed by atoms with Gasteiger partial charge in [0.1, 0.15) is 28.8 Å². The molecule has 1 aromatic heterocycles. The maximum Gasteiger partial charge on any atom is 0.407 e. The van der Waals surface area contributed by atoms with Crippen LogP contribution in [-0.4, -0.2) is 141 Å². The normalized spacial score (nSPS) is 16.2. The lowest BCUT2D eigenvalue weighted by atomic mass is 9.84. The van der Waals surface area contributed by atoms with Crippen LogP contribution in [0.4, 0.5) is 4.79 Å². The number of nitrogens with one attached hydrogen (secondary N) is 2. The number of carbonyl (C=O) groups excluding carboxylic acids is 8. The van der Waals surface area contributed by atoms with Gasteiger partial charge >= 0.3 is 24.0 Å². The molecular formula is C52H77N5O14S3. The molecule has 0 spiro atoms. The van der Waals surface area contributed by atoms with Gasteiger partial charge in [0, 0.05) is 73.4 Å². The van der Waals surface area contributed by atoms with Crippen molar-refractivity contribution in [1.82, 2.24) is 25.4 Å². The van der Waals surface area contributed by atoms with Crippen molar-refractivity contribution in [3.63, 3.8) is 0 Å². The van der Waals surface area contributed by atoms with Crippen LogP contribution in [0.25, 0.3) is 0 Å². The molecule has 0 saturated carbocycles. The summed E-state index contributed by atoms with van der Waals surface area (Å²) in [4.78, 5) is 125. The smallest absolute Gasteiger partial charge is 0.407 e. The summed E-state index contributed by atoms with van der Waals surface area (Å²) in [7, 11) is 4.47. The second kappa shape index (κ2) is 32.4. The first-order valence-corrected chi connectivity index (χ1v) is 28.7. The number of rotatable bonds is 33. The minimum atomic E-state index is -1.06. The molecule has 19 nitrogen and oxygen atoms in total. The Hall–Kier alpha value is -5.06. The number of thiazole rings is 1. The highest BCUT2D eigenvalue weighted by molar-refractivity contribution is 8.76. The van der Waals surface area contributed by atoms with E-state index in [-0.39, 0.29) is 122 Å². The predicted octanol–water partition coefficient (Wildman–Crippen LogP) is 7.44. The second-order valence-electron chi connectivity index (χ2n) is 19.6. The van der Waals surface area contributed by atoms with E-state index < -0.39 is 65.8 Å². The van der Waals surface area contributed by atoms with E-state index in [1.807, 2.05) is 46.6 Å². The minimum Gasteiger partial charge on any atom is -0.508 e. The van der Waals surface area contributed by atoms with Crippen molar-refractivity contribution in [2.75, 3.05) is 45.0 Å². The van der Waals surface area contributed by atoms with Gasteiger partial charge in [0.25, 0.3) is 5.91 Å². The first-order chi connectivity index (χ1) is 35.0. The van der Waals surface area contributed by atoms with Crippen molar-refractivity contribution in [1.29, 1.82) is 0 Å². The number of carboxylic acid groups (broad SMARTS) is 1. The van der Waals surface area contributed by atoms with Gasteiger partial charge in [-0.25, -0.2) is 9.78 Å². The Morgan fingerprint density at radius 3 is 2.24 bits per heavy atom. The highest BCUT2D eigenvalue weighted by Gasteiger charge is 2.39. The summed E-state index contributed by atoms with van der Waals surface area (Å²) >= 11 is 1.08. The number of alkyl carbamates (subject to hydrolysis) is 1. The van der Waals surface area contributed by atoms with Crippen LogP contribution in [0.1, 0.15) is 140 Å². The number of aromatic hydroxyl groups is 1. The maximum absolute atomic E-state index is 14.8. The number of Topliss-reactive ketones (excluding diaryl/α,β-unsaturated/α-hetero) is 3. The number of phenols is 1. The Morgan fingerprint density at radius 1 is 0.932 bits per heavy atom. The van der Waals surface area contributed by atoms with Crippen molar-refractivity contribution in [2.24, 2.45) is 29.6 Å². The average molecular weight is 1090 g/mol. The van der Waals surface area contributed by atoms with E-state index >= 15 is 0 Å². The number of ether oxygens (including phenoxy) is 3. The SMILES string of the molecule is CCCC(=O)OCN(C(=O)[C@@H](CC(=O)[C@H]1CCCCN1C)C(C)C)[C@H](C[C@@H](OC(C)=O)c1nc(C(=O)N[C@@H](Cc2ccc(O)cc2)C[C@H](C)C(=O)CNC(=O)OCCSSC[C@@H](CC(C)=O)C(=O)O)cs1)C(C)C. The fraction of sp³-hybridized carbons (Fsp3) is 0.654. The molecule has 3 rings (SSSR count). The Labute approximate surface area is 447 Å². The number of hydrogen-bond donors (Lipinski definition) is 4. The summed E-state index contributed by atoms with van der Waals surface area (Å²) in [5.74, 6) is -5.82. The summed E-state index contributed by atoms with van der Waals surface area (Å²) in [6, 6.07) is 4.77. The number of hydrogen-bond acceptors (Lipinski definition) is 18. The number of phenolic OH excluding ortho intramolecular Hbond substituents is 1. The van der Waals surface area contributed by atoms with Gasteiger partial charge in [-0.1, -0.05) is 81.7 Å². The highest BCUT2D eigenvalue weighted by atomic mass is 33.1. The lowest BCUT2D eigenvalue weighted by molar-refractivity contribution is -0.161. The first kappa shape index (κ1) is 63.2. The number of amides is 3. The zero-order chi connectivity index (χ0) is 55.1. The average Bonchev–Trinajstić information content (AvgIpc) is 3.83. The van der Waals surface area contributed by atoms with E-state index in [0.717, 1.165) is 36.3 Å². The van der Waals surface area contributed by atoms with Crippen LogP contribution in [-0.2, 0) is 54.2 Å². The maximum atomic E-state index is 14.8. The third-order valence-electron chi connectivity index (χ3n) is 12.7. The quantitative estimate of drug-likeness (QED) is 0.0178. The molecule has 0 radical (unpaired) electrons. The Balaban J connectivity index is 1.78. The fourth-order valence-electron chi connectivity index (χ4n) is 8.55. The molecule has 412 valence electrons. The number of carboxylic acids is 1. The van der Waals surface area contributed by atoms with Crippen molar-refractivity contribution >= 4 is 86.1 Å². The predicted molar refractivity (Wildman–Crippen MR) is 283 cm³/mol. The number of likely N-dealkylation sites (tertiary alicyclic amines) is 1. The number of ketones is 3. The van der Waals surface area contributed by atoms with Crippen LogP contribution in [0.5, 0.6) is 5.75 Å². The Kier molecular flexibility index (Phi) is 27.7. The standard InChI is InChI=1S/C52H77N5O14S3/c1-10-13-47(63)70-30-57(50(65)40(31(2)3)25-44(61)42-14-11-12-19-56(42)9)43(32(4)5)26-46(71-35(8)59)49-55-41(29-72-49)48(64)54-38(24-36-15-17-39(60)18-16-36)22-33(6)45(62)27-53-52(68)69-20-21-73-74-28-37(51(66)67)23-34(7)58/h15-18,29,31-33,37-38,40,42-43,46,60H,10-14,19-28,30H2,1-9H3,(H,53,68)(H,54,64)(H,66,67)/t33-,37+,38+,40-,42+,43+,46+/m0/s1. The van der Waals surface area contributed by atoms with Gasteiger partial charge in [0.15, 0.2) is 24.4 Å². The summed E-state index contributed by atoms with van der Waals surface area (Å²) in [6.07, 6.45) is 1.81. The van der Waals surface area contributed by atoms with Gasteiger partial charge in [-0.15, -0.1) is 11.3 Å². The molecule has 0 unspecified atom stereocenters. The molecule has 1 aliphatic rings. The van der Waals surface area contributed by atoms with Crippen molar-refractivity contribution < 1.29 is 67.6 Å². The number of aliphatic carboxylic acids is 1. The highest BCUT2D eigenvalue weighted by Crippen LogP contribution is 2.33. The van der Waals surface area contributed by atoms with Gasteiger partial charge in [0.2, 0.25) is 5.91 Å². The summed E-state index contributed by atoms with van der Waals surface area (Å²) in [6.45, 7) is 13.7. The number of aromatic nitrogens is 1. The number of nitrogens with zero attached hydrogens (tertiary/aromatic N) is 3. The fourth-order valence-corrected chi connectivity index (χ4v) is 11.5. The van der Waals surface area contributed by atoms with E-state index in [1.165, 1.54) is 57.8 Å². The molecule has 3 amide bonds. The summed E-state index contributed by atoms with van der Waals surface area (Å²) in [5.41, 5.74) is 0.755. The van der Waals surface area contributed by atoms with E-state index in [0.29, 0.717) is 18.6 Å². The number of esters is 2. The van der Waals surface area contributed by atoms with Crippen molar-refractivity contribution in [2.45, 2.75) is 144 Å². The third kappa shape index (κ3) is 22.0. The van der Waals surface area contributed by atoms with Gasteiger partial charge in [-0.2, -0.15) is 0 Å². The Bertz CT molecular complexity index is 2190. The molecule has 1 aliphatic heterocycles. The lowest BCUT2D eigenvalue weighted by Gasteiger charge is -2.39. The zero-order valence-corrected chi connectivity index (χ0v) is 46.7. The molecule has 1 aromatic carbocycles. The van der Waals surface area contributed by atoms with Crippen LogP contribution >= 0.6 is 32.9 Å². The largest absolute Gasteiger partial charge is 0.508 e. The van der Waals surface area contributed by atoms with Gasteiger partial charge in [-0.3, -0.25) is 38.5 Å². The molecular weight excluding hydrogens is 1010 g/mol. The summed E-state index contributed by atoms with van der Waals surface area (Å²) < 4.78 is 16.7. The molecule has 2 aromatic rings. The number of likely N-dealkylation sites (N-methyl/N-ethyl adjacent to an activating group) is 1. The second-order valence-corrected chi connectivity index (χ2v) is 23.1. The first-order valence-electron chi connectivity index (χ1n) is 25.3. The number of carbonyl (C=O) groups is 9. The third-order valence-corrected chi connectivity index (χ3v) is 16.1. The zero-order valence-electron chi connectivity index (χ0n) is 44.3. The molecule has 74 heavy (non-hydrogen) atoms. The molecule has 0 aliphatic carbocycles. The molecule has 1 fully saturated rings. The molecule has 7 atom stereocenters. The molecule has 2 heterocycles. The number of piperidine rings is 1. The van der Waals surface area contributed by atoms with Crippen LogP contribution in [0.15, 0.2) is 29.6 Å². The molecule has 22 heteroatoms. The number of benzene rings is 1. The van der Waals surface area contributed by atoms with Gasteiger partial charge in [-0.05, 0) is 82.2 Å². The molecule has 0 bridgehead atoms. The van der Waals surface area contributed by atoms with Crippen LogP contribution in [0.2, 0.25) is 0 Å². The van der Waals surface area contributed by atoms with Gasteiger partial charge < -0.3 is 44.8 Å². The van der Waals surface area contributed by atoms with E-state index in [2.05, 4.69) is 15.6 Å². The van der Waals surface area contributed by atoms with Crippen LogP contribution < -0.4 is 10.6 Å². The van der Waals surface area contributed by atoms with Gasteiger partial charge in [0.05, 0.1) is 18.5 Å². The van der Waals surface area contributed by atoms with E-state index in [9.17, 15) is 53.4 Å². The van der Waals surface area contributed by atoms with E-state index in [1.54, 1.807) is 19.1 Å². The van der Waals surface area contributed by atoms with Crippen LogP contribution in [0, 0.1) is 29.6 Å². The topological polar surface area (TPSA) is 265 Å².